The third-order valence-electron chi connectivity index (χ3n) is 4.91. The molecule has 1 heterocycles. The molecular weight excluding hydrogens is 388 g/mol. The van der Waals surface area contributed by atoms with Crippen molar-refractivity contribution < 1.29 is 14.3 Å². The summed E-state index contributed by atoms with van der Waals surface area (Å²) in [6, 6.07) is 12.1. The van der Waals surface area contributed by atoms with Gasteiger partial charge in [0.1, 0.15) is 0 Å². The maximum atomic E-state index is 12.6. The molecule has 1 aliphatic heterocycles. The number of aryl methyl sites for hydroxylation is 1. The molecule has 2 aromatic carbocycles. The molecule has 5 nitrogen and oxygen atoms in total. The fraction of sp³-hybridized carbons (Fsp3) is 0.348. The Balaban J connectivity index is 1.63. The van der Waals surface area contributed by atoms with Crippen LogP contribution in [-0.2, 0) is 4.79 Å². The summed E-state index contributed by atoms with van der Waals surface area (Å²) in [6.45, 7) is 7.55. The monoisotopic (exact) mass is 414 g/mol. The molecule has 1 amide bonds. The largest absolute Gasteiger partial charge is 0.491 e. The van der Waals surface area contributed by atoms with Crippen LogP contribution in [0.2, 0.25) is 5.02 Å². The number of benzene rings is 2. The average Bonchev–Trinajstić information content (AvgIpc) is 2.72. The van der Waals surface area contributed by atoms with Crippen LogP contribution in [0.3, 0.4) is 0 Å². The molecule has 0 N–H and O–H groups in total. The number of anilines is 1. The van der Waals surface area contributed by atoms with Crippen molar-refractivity contribution in [3.05, 3.63) is 58.6 Å². The zero-order valence-corrected chi connectivity index (χ0v) is 17.9. The summed E-state index contributed by atoms with van der Waals surface area (Å²) in [6.07, 6.45) is 3.36. The number of hydrogen-bond donors (Lipinski definition) is 0. The summed E-state index contributed by atoms with van der Waals surface area (Å²) < 4.78 is 10.9. The van der Waals surface area contributed by atoms with Crippen molar-refractivity contribution in [3.63, 3.8) is 0 Å². The standard InChI is InChI=1S/C23H27ClN2O3/c1-4-29-21-16-18(15-20(24)23(21)28-3)8-9-22(27)26-12-10-25(11-13-26)19-7-5-6-17(2)14-19/h5-9,14-16H,4,10-13H2,1-3H3/b9-8+. The maximum Gasteiger partial charge on any atom is 0.246 e. The highest BCUT2D eigenvalue weighted by Crippen LogP contribution is 2.36. The van der Waals surface area contributed by atoms with Crippen LogP contribution in [0.1, 0.15) is 18.1 Å². The summed E-state index contributed by atoms with van der Waals surface area (Å²) in [5, 5.41) is 0.456. The van der Waals surface area contributed by atoms with Crippen molar-refractivity contribution in [2.75, 3.05) is 44.8 Å². The van der Waals surface area contributed by atoms with Gasteiger partial charge in [-0.3, -0.25) is 4.79 Å². The molecule has 0 aliphatic carbocycles. The number of amides is 1. The van der Waals surface area contributed by atoms with E-state index in [9.17, 15) is 4.79 Å². The Morgan fingerprint density at radius 3 is 2.59 bits per heavy atom. The number of rotatable bonds is 6. The van der Waals surface area contributed by atoms with Crippen LogP contribution in [-0.4, -0.2) is 50.7 Å². The highest BCUT2D eigenvalue weighted by molar-refractivity contribution is 6.32. The van der Waals surface area contributed by atoms with Crippen LogP contribution in [0.25, 0.3) is 6.08 Å². The van der Waals surface area contributed by atoms with E-state index in [1.807, 2.05) is 17.9 Å². The molecule has 1 saturated heterocycles. The second-order valence-electron chi connectivity index (χ2n) is 6.95. The number of hydrogen-bond acceptors (Lipinski definition) is 4. The number of nitrogens with zero attached hydrogens (tertiary/aromatic N) is 2. The van der Waals surface area contributed by atoms with Gasteiger partial charge in [-0.1, -0.05) is 23.7 Å². The molecule has 0 spiro atoms. The second-order valence-corrected chi connectivity index (χ2v) is 7.36. The van der Waals surface area contributed by atoms with Gasteiger partial charge in [0, 0.05) is 37.9 Å². The van der Waals surface area contributed by atoms with Crippen LogP contribution in [0.4, 0.5) is 5.69 Å². The molecule has 0 bridgehead atoms. The van der Waals surface area contributed by atoms with E-state index in [0.29, 0.717) is 36.2 Å². The number of piperazine rings is 1. The van der Waals surface area contributed by atoms with Crippen molar-refractivity contribution in [3.8, 4) is 11.5 Å². The molecule has 0 radical (unpaired) electrons. The number of ether oxygens (including phenoxy) is 2. The molecule has 154 valence electrons. The molecule has 0 saturated carbocycles. The lowest BCUT2D eigenvalue weighted by Gasteiger charge is -2.35. The minimum absolute atomic E-state index is 0.00112. The lowest BCUT2D eigenvalue weighted by atomic mass is 10.1. The van der Waals surface area contributed by atoms with Gasteiger partial charge in [-0.15, -0.1) is 0 Å². The molecule has 0 atom stereocenters. The molecule has 1 fully saturated rings. The Kier molecular flexibility index (Phi) is 7.04. The van der Waals surface area contributed by atoms with Gasteiger partial charge in [0.15, 0.2) is 11.5 Å². The predicted molar refractivity (Wildman–Crippen MR) is 118 cm³/mol. The molecule has 0 aromatic heterocycles. The summed E-state index contributed by atoms with van der Waals surface area (Å²) in [5.41, 5.74) is 3.25. The van der Waals surface area contributed by atoms with Crippen molar-refractivity contribution in [1.29, 1.82) is 0 Å². The van der Waals surface area contributed by atoms with Crippen LogP contribution in [0.15, 0.2) is 42.5 Å². The fourth-order valence-corrected chi connectivity index (χ4v) is 3.72. The quantitative estimate of drug-likeness (QED) is 0.656. The van der Waals surface area contributed by atoms with Crippen molar-refractivity contribution in [1.82, 2.24) is 4.90 Å². The van der Waals surface area contributed by atoms with Gasteiger partial charge in [0.05, 0.1) is 18.7 Å². The number of carbonyl (C=O) groups excluding carboxylic acids is 1. The maximum absolute atomic E-state index is 12.6. The highest BCUT2D eigenvalue weighted by Gasteiger charge is 2.20. The number of methoxy groups -OCH3 is 1. The zero-order valence-electron chi connectivity index (χ0n) is 17.2. The van der Waals surface area contributed by atoms with Gasteiger partial charge >= 0.3 is 0 Å². The third kappa shape index (κ3) is 5.24. The summed E-state index contributed by atoms with van der Waals surface area (Å²) in [4.78, 5) is 16.8. The van der Waals surface area contributed by atoms with Gasteiger partial charge in [0.2, 0.25) is 5.91 Å². The van der Waals surface area contributed by atoms with Gasteiger partial charge in [-0.05, 0) is 55.3 Å². The number of carbonyl (C=O) groups is 1. The van der Waals surface area contributed by atoms with E-state index in [2.05, 4.69) is 36.1 Å². The average molecular weight is 415 g/mol. The minimum Gasteiger partial charge on any atom is -0.491 e. The van der Waals surface area contributed by atoms with E-state index in [0.717, 1.165) is 18.7 Å². The summed E-state index contributed by atoms with van der Waals surface area (Å²) in [5.74, 6) is 1.07. The Labute approximate surface area is 177 Å². The molecule has 0 unspecified atom stereocenters. The van der Waals surface area contributed by atoms with E-state index in [-0.39, 0.29) is 5.91 Å². The normalized spacial score (nSPS) is 14.3. The van der Waals surface area contributed by atoms with Gasteiger partial charge in [0.25, 0.3) is 0 Å². The molecule has 29 heavy (non-hydrogen) atoms. The van der Waals surface area contributed by atoms with Crippen molar-refractivity contribution in [2.24, 2.45) is 0 Å². The summed E-state index contributed by atoms with van der Waals surface area (Å²) >= 11 is 6.28. The van der Waals surface area contributed by atoms with E-state index in [4.69, 9.17) is 21.1 Å². The van der Waals surface area contributed by atoms with Crippen molar-refractivity contribution >= 4 is 29.3 Å². The van der Waals surface area contributed by atoms with Gasteiger partial charge in [-0.2, -0.15) is 0 Å². The minimum atomic E-state index is -0.00112. The van der Waals surface area contributed by atoms with E-state index in [1.165, 1.54) is 11.3 Å². The Hall–Kier alpha value is -2.66. The van der Waals surface area contributed by atoms with Crippen LogP contribution >= 0.6 is 11.6 Å². The molecule has 1 aliphatic rings. The van der Waals surface area contributed by atoms with Gasteiger partial charge < -0.3 is 19.3 Å². The Morgan fingerprint density at radius 2 is 1.93 bits per heavy atom. The first-order valence-electron chi connectivity index (χ1n) is 9.80. The third-order valence-corrected chi connectivity index (χ3v) is 5.19. The second kappa shape index (κ2) is 9.70. The molecule has 3 rings (SSSR count). The highest BCUT2D eigenvalue weighted by atomic mass is 35.5. The Morgan fingerprint density at radius 1 is 1.17 bits per heavy atom. The topological polar surface area (TPSA) is 42.0 Å². The molecule has 2 aromatic rings. The zero-order chi connectivity index (χ0) is 20.8. The van der Waals surface area contributed by atoms with Crippen LogP contribution in [0, 0.1) is 6.92 Å². The number of halogens is 1. The molecule has 6 heteroatoms. The lowest BCUT2D eigenvalue weighted by molar-refractivity contribution is -0.126. The Bertz CT molecular complexity index is 890. The van der Waals surface area contributed by atoms with Crippen molar-refractivity contribution in [2.45, 2.75) is 13.8 Å². The molecular formula is C23H27ClN2O3. The smallest absolute Gasteiger partial charge is 0.246 e. The lowest BCUT2D eigenvalue weighted by Crippen LogP contribution is -2.48. The van der Waals surface area contributed by atoms with E-state index < -0.39 is 0 Å². The first-order valence-corrected chi connectivity index (χ1v) is 10.2. The van der Waals surface area contributed by atoms with Crippen LogP contribution in [0.5, 0.6) is 11.5 Å². The van der Waals surface area contributed by atoms with E-state index in [1.54, 1.807) is 25.3 Å². The first-order chi connectivity index (χ1) is 14.0. The van der Waals surface area contributed by atoms with Crippen LogP contribution < -0.4 is 14.4 Å². The fourth-order valence-electron chi connectivity index (χ4n) is 3.43. The SMILES string of the molecule is CCOc1cc(/C=C/C(=O)N2CCN(c3cccc(C)c3)CC2)cc(Cl)c1OC. The summed E-state index contributed by atoms with van der Waals surface area (Å²) in [7, 11) is 1.55. The predicted octanol–water partition coefficient (Wildman–Crippen LogP) is 4.42. The first kappa shape index (κ1) is 21.1. The van der Waals surface area contributed by atoms with Gasteiger partial charge in [-0.25, -0.2) is 0 Å². The van der Waals surface area contributed by atoms with E-state index >= 15 is 0 Å².